The molecule has 5 rings (SSSR count). The molecule has 2 amide bonds. The van der Waals surface area contributed by atoms with Crippen molar-refractivity contribution in [2.45, 2.75) is 23.4 Å². The van der Waals surface area contributed by atoms with Crippen LogP contribution in [0.25, 0.3) is 0 Å². The topological polar surface area (TPSA) is 75.7 Å². The molecule has 2 atom stereocenters. The van der Waals surface area contributed by atoms with Crippen LogP contribution in [-0.4, -0.2) is 29.9 Å². The van der Waals surface area contributed by atoms with Crippen LogP contribution in [0.3, 0.4) is 0 Å². The molecule has 1 N–H and O–H groups in total. The van der Waals surface area contributed by atoms with Gasteiger partial charge in [0.1, 0.15) is 0 Å². The van der Waals surface area contributed by atoms with Gasteiger partial charge in [-0.2, -0.15) is 0 Å². The van der Waals surface area contributed by atoms with Gasteiger partial charge in [-0.15, -0.1) is 0 Å². The van der Waals surface area contributed by atoms with Crippen LogP contribution in [0.2, 0.25) is 0 Å². The number of carbonyl (C=O) groups excluding carboxylic acids is 3. The molecule has 7 heteroatoms. The maximum absolute atomic E-state index is 13.2. The van der Waals surface area contributed by atoms with Gasteiger partial charge in [0.15, 0.2) is 10.5 Å². The molecule has 0 radical (unpaired) electrons. The van der Waals surface area contributed by atoms with E-state index in [0.717, 1.165) is 0 Å². The zero-order valence-electron chi connectivity index (χ0n) is 14.6. The Balaban J connectivity index is 1.87. The molecule has 3 fully saturated rings. The largest absolute Gasteiger partial charge is 0.465 e. The molecule has 0 aliphatic carbocycles. The van der Waals surface area contributed by atoms with Gasteiger partial charge in [-0.05, 0) is 42.7 Å². The Hall–Kier alpha value is -2.86. The van der Waals surface area contributed by atoms with Crippen LogP contribution in [0.5, 0.6) is 0 Å². The summed E-state index contributed by atoms with van der Waals surface area (Å²) >= 11 is 6.44. The van der Waals surface area contributed by atoms with E-state index in [9.17, 15) is 14.4 Å². The van der Waals surface area contributed by atoms with E-state index >= 15 is 0 Å². The predicted octanol–water partition coefficient (Wildman–Crippen LogP) is 2.56. The van der Waals surface area contributed by atoms with Crippen molar-refractivity contribution in [2.24, 2.45) is 0 Å². The van der Waals surface area contributed by atoms with E-state index in [-0.39, 0.29) is 11.8 Å². The number of amides is 2. The molecule has 0 unspecified atom stereocenters. The summed E-state index contributed by atoms with van der Waals surface area (Å²) < 4.78 is 4.72. The van der Waals surface area contributed by atoms with Gasteiger partial charge in [-0.3, -0.25) is 14.5 Å². The molecule has 27 heavy (non-hydrogen) atoms. The normalized spacial score (nSPS) is 26.7. The number of methoxy groups -OCH3 is 1. The van der Waals surface area contributed by atoms with Crippen LogP contribution >= 0.6 is 11.6 Å². The van der Waals surface area contributed by atoms with E-state index in [1.807, 2.05) is 6.07 Å². The van der Waals surface area contributed by atoms with Crippen molar-refractivity contribution in [1.29, 1.82) is 0 Å². The average Bonchev–Trinajstić information content (AvgIpc) is 2.69. The van der Waals surface area contributed by atoms with E-state index in [0.29, 0.717) is 29.7 Å². The molecule has 138 valence electrons. The lowest BCUT2D eigenvalue weighted by Crippen LogP contribution is -2.77. The minimum Gasteiger partial charge on any atom is -0.465 e. The number of esters is 1. The number of halogens is 1. The molecular formula is C20H17ClN2O4. The number of anilines is 1. The highest BCUT2D eigenvalue weighted by molar-refractivity contribution is 6.40. The smallest absolute Gasteiger partial charge is 0.337 e. The van der Waals surface area contributed by atoms with Crippen LogP contribution in [0, 0.1) is 0 Å². The number of hydrogen-bond acceptors (Lipinski definition) is 4. The number of nitrogens with one attached hydrogen (secondary N) is 1. The molecule has 3 aliphatic heterocycles. The maximum Gasteiger partial charge on any atom is 0.337 e. The van der Waals surface area contributed by atoms with Crippen molar-refractivity contribution in [3.05, 3.63) is 65.7 Å². The molecular weight excluding hydrogens is 368 g/mol. The number of benzene rings is 2. The van der Waals surface area contributed by atoms with Crippen LogP contribution in [0.1, 0.15) is 28.8 Å². The summed E-state index contributed by atoms with van der Waals surface area (Å²) in [6.07, 6.45) is 0.696. The Morgan fingerprint density at radius 1 is 1.07 bits per heavy atom. The number of piperidine rings is 2. The second-order valence-corrected chi connectivity index (χ2v) is 7.31. The number of piperazine rings is 1. The molecule has 6 nitrogen and oxygen atoms in total. The number of nitrogens with zero attached hydrogens (tertiary/aromatic N) is 1. The van der Waals surface area contributed by atoms with Crippen LogP contribution in [0.4, 0.5) is 5.69 Å². The van der Waals surface area contributed by atoms with Gasteiger partial charge >= 0.3 is 5.97 Å². The average molecular weight is 385 g/mol. The Morgan fingerprint density at radius 2 is 1.74 bits per heavy atom. The van der Waals surface area contributed by atoms with Crippen molar-refractivity contribution in [2.75, 3.05) is 12.0 Å². The van der Waals surface area contributed by atoms with Crippen molar-refractivity contribution >= 4 is 35.1 Å². The van der Waals surface area contributed by atoms with Gasteiger partial charge < -0.3 is 10.1 Å². The minimum atomic E-state index is -1.43. The molecule has 2 bridgehead atoms. The monoisotopic (exact) mass is 384 g/mol. The standard InChI is InChI=1S/C20H17ClN2O4/c1-27-16(24)13-7-9-14(10-8-13)19-11-12-20(21,22-17(19)25)18(26)23(19)15-5-3-2-4-6-15/h2-10H,11-12H2,1H3,(H,22,25)/t19-,20+/m0/s1. The van der Waals surface area contributed by atoms with Gasteiger partial charge in [0, 0.05) is 5.69 Å². The Kier molecular flexibility index (Phi) is 3.96. The Labute approximate surface area is 161 Å². The first kappa shape index (κ1) is 17.5. The minimum absolute atomic E-state index is 0.321. The highest BCUT2D eigenvalue weighted by Crippen LogP contribution is 2.49. The molecule has 0 saturated carbocycles. The van der Waals surface area contributed by atoms with Crippen molar-refractivity contribution in [3.63, 3.8) is 0 Å². The summed E-state index contributed by atoms with van der Waals surface area (Å²) in [5.41, 5.74) is 0.361. The quantitative estimate of drug-likeness (QED) is 0.501. The fourth-order valence-electron chi connectivity index (χ4n) is 3.86. The SMILES string of the molecule is COC(=O)c1ccc([C@@]23CC[C@@](Cl)(NC2=O)C(=O)N3c2ccccc2)cc1. The fourth-order valence-corrected chi connectivity index (χ4v) is 4.12. The van der Waals surface area contributed by atoms with Crippen LogP contribution in [-0.2, 0) is 19.9 Å². The Morgan fingerprint density at radius 3 is 2.33 bits per heavy atom. The number of ether oxygens (including phenoxy) is 1. The number of para-hydroxylation sites is 1. The van der Waals surface area contributed by atoms with E-state index in [1.54, 1.807) is 48.5 Å². The maximum atomic E-state index is 13.2. The van der Waals surface area contributed by atoms with Gasteiger partial charge in [-0.1, -0.05) is 41.9 Å². The van der Waals surface area contributed by atoms with Crippen LogP contribution in [0.15, 0.2) is 54.6 Å². The summed E-state index contributed by atoms with van der Waals surface area (Å²) in [4.78, 5) is 38.0. The molecule has 0 spiro atoms. The van der Waals surface area contributed by atoms with Crippen molar-refractivity contribution in [1.82, 2.24) is 5.32 Å². The predicted molar refractivity (Wildman–Crippen MR) is 99.3 cm³/mol. The highest BCUT2D eigenvalue weighted by atomic mass is 35.5. The first-order chi connectivity index (χ1) is 12.9. The molecule has 0 aromatic heterocycles. The summed E-state index contributed by atoms with van der Waals surface area (Å²) in [6, 6.07) is 15.5. The third kappa shape index (κ3) is 2.44. The summed E-state index contributed by atoms with van der Waals surface area (Å²) in [7, 11) is 1.31. The summed E-state index contributed by atoms with van der Waals surface area (Å²) in [6.45, 7) is 0. The van der Waals surface area contributed by atoms with Crippen molar-refractivity contribution in [3.8, 4) is 0 Å². The lowest BCUT2D eigenvalue weighted by atomic mass is 9.73. The van der Waals surface area contributed by atoms with Gasteiger partial charge in [-0.25, -0.2) is 4.79 Å². The molecule has 2 aromatic carbocycles. The number of hydrogen-bond donors (Lipinski definition) is 1. The zero-order valence-corrected chi connectivity index (χ0v) is 15.3. The van der Waals surface area contributed by atoms with Crippen molar-refractivity contribution < 1.29 is 19.1 Å². The summed E-state index contributed by atoms with van der Waals surface area (Å²) in [5.74, 6) is -1.16. The lowest BCUT2D eigenvalue weighted by Gasteiger charge is -2.55. The van der Waals surface area contributed by atoms with E-state index in [4.69, 9.17) is 16.3 Å². The lowest BCUT2D eigenvalue weighted by molar-refractivity contribution is -0.144. The molecule has 3 aliphatic rings. The number of carbonyl (C=O) groups is 3. The van der Waals surface area contributed by atoms with Gasteiger partial charge in [0.05, 0.1) is 12.7 Å². The first-order valence-corrected chi connectivity index (χ1v) is 8.90. The second-order valence-electron chi connectivity index (χ2n) is 6.66. The zero-order chi connectivity index (χ0) is 19.2. The van der Waals surface area contributed by atoms with E-state index in [1.165, 1.54) is 12.0 Å². The number of fused-ring (bicyclic) bond motifs is 3. The Bertz CT molecular complexity index is 931. The number of rotatable bonds is 3. The first-order valence-electron chi connectivity index (χ1n) is 8.52. The highest BCUT2D eigenvalue weighted by Gasteiger charge is 2.64. The number of alkyl halides is 1. The van der Waals surface area contributed by atoms with Gasteiger partial charge in [0.25, 0.3) is 11.8 Å². The molecule has 3 heterocycles. The fraction of sp³-hybridized carbons (Fsp3) is 0.250. The van der Waals surface area contributed by atoms with E-state index in [2.05, 4.69) is 5.32 Å². The third-order valence-electron chi connectivity index (χ3n) is 5.24. The van der Waals surface area contributed by atoms with Crippen LogP contribution < -0.4 is 10.2 Å². The van der Waals surface area contributed by atoms with Gasteiger partial charge in [0.2, 0.25) is 0 Å². The summed E-state index contributed by atoms with van der Waals surface area (Å²) in [5, 5.41) is 2.67. The van der Waals surface area contributed by atoms with E-state index < -0.39 is 16.5 Å². The molecule has 3 saturated heterocycles. The second kappa shape index (κ2) is 6.09. The third-order valence-corrected chi connectivity index (χ3v) is 5.69. The molecule has 2 aromatic rings.